The summed E-state index contributed by atoms with van der Waals surface area (Å²) in [4.78, 5) is 4.27. The van der Waals surface area contributed by atoms with E-state index in [1.54, 1.807) is 13.1 Å². The molecule has 1 aromatic rings. The van der Waals surface area contributed by atoms with Gasteiger partial charge in [-0.25, -0.2) is 0 Å². The number of guanidine groups is 1. The first-order chi connectivity index (χ1) is 10.2. The molecule has 0 aliphatic carbocycles. The number of nitrogens with zero attached hydrogens (tertiary/aromatic N) is 1. The summed E-state index contributed by atoms with van der Waals surface area (Å²) in [5, 5.41) is 8.04. The van der Waals surface area contributed by atoms with Crippen LogP contribution in [0.15, 0.2) is 23.2 Å². The fraction of sp³-hybridized carbons (Fsp3) is 0.533. The molecule has 0 radical (unpaired) electrons. The molecule has 7 heteroatoms. The van der Waals surface area contributed by atoms with Crippen molar-refractivity contribution in [2.45, 2.75) is 44.1 Å². The lowest BCUT2D eigenvalue weighted by atomic mass is 9.96. The van der Waals surface area contributed by atoms with Gasteiger partial charge in [0, 0.05) is 23.6 Å². The van der Waals surface area contributed by atoms with E-state index < -0.39 is 0 Å². The molecule has 2 N–H and O–H groups in total. The van der Waals surface area contributed by atoms with Gasteiger partial charge in [-0.2, -0.15) is 0 Å². The van der Waals surface area contributed by atoms with Crippen molar-refractivity contribution in [1.29, 1.82) is 0 Å². The average Bonchev–Trinajstić information content (AvgIpc) is 3.07. The van der Waals surface area contributed by atoms with E-state index in [0.717, 1.165) is 24.4 Å². The number of ether oxygens (including phenoxy) is 1. The van der Waals surface area contributed by atoms with Gasteiger partial charge in [-0.15, -0.1) is 24.0 Å². The van der Waals surface area contributed by atoms with E-state index in [9.17, 15) is 0 Å². The molecule has 2 fully saturated rings. The predicted molar refractivity (Wildman–Crippen MR) is 102 cm³/mol. The molecule has 22 heavy (non-hydrogen) atoms. The summed E-state index contributed by atoms with van der Waals surface area (Å²) in [6.45, 7) is 0.608. The Kier molecular flexibility index (Phi) is 6.61. The van der Waals surface area contributed by atoms with Crippen molar-refractivity contribution in [3.63, 3.8) is 0 Å². The smallest absolute Gasteiger partial charge is 0.191 e. The topological polar surface area (TPSA) is 45.7 Å². The Morgan fingerprint density at radius 3 is 2.77 bits per heavy atom. The van der Waals surface area contributed by atoms with Gasteiger partial charge in [-0.1, -0.05) is 29.3 Å². The maximum absolute atomic E-state index is 6.17. The van der Waals surface area contributed by atoms with Crippen LogP contribution in [0.1, 0.15) is 24.8 Å². The molecule has 2 aliphatic rings. The van der Waals surface area contributed by atoms with Gasteiger partial charge in [0.05, 0.1) is 18.2 Å². The first-order valence-electron chi connectivity index (χ1n) is 7.22. The minimum atomic E-state index is 0. The summed E-state index contributed by atoms with van der Waals surface area (Å²) in [7, 11) is 1.77. The minimum absolute atomic E-state index is 0. The van der Waals surface area contributed by atoms with Crippen LogP contribution in [-0.2, 0) is 11.3 Å². The molecule has 2 aliphatic heterocycles. The lowest BCUT2D eigenvalue weighted by Crippen LogP contribution is -2.47. The zero-order chi connectivity index (χ0) is 14.8. The number of hydrogen-bond donors (Lipinski definition) is 2. The van der Waals surface area contributed by atoms with Crippen LogP contribution in [-0.4, -0.2) is 31.3 Å². The molecular formula is C15H20Cl2IN3O. The van der Waals surface area contributed by atoms with E-state index in [-0.39, 0.29) is 24.0 Å². The summed E-state index contributed by atoms with van der Waals surface area (Å²) in [5.74, 6) is 0.780. The highest BCUT2D eigenvalue weighted by atomic mass is 127. The van der Waals surface area contributed by atoms with Crippen molar-refractivity contribution in [1.82, 2.24) is 10.6 Å². The van der Waals surface area contributed by atoms with Crippen LogP contribution in [0.4, 0.5) is 0 Å². The highest BCUT2D eigenvalue weighted by molar-refractivity contribution is 14.0. The van der Waals surface area contributed by atoms with Crippen LogP contribution in [0, 0.1) is 0 Å². The van der Waals surface area contributed by atoms with Crippen molar-refractivity contribution in [3.8, 4) is 0 Å². The Bertz CT molecular complexity index is 556. The minimum Gasteiger partial charge on any atom is -0.373 e. The molecule has 122 valence electrons. The third-order valence-electron chi connectivity index (χ3n) is 4.11. The second kappa shape index (κ2) is 8.04. The number of hydrogen-bond acceptors (Lipinski definition) is 2. The van der Waals surface area contributed by atoms with Crippen molar-refractivity contribution >= 4 is 53.1 Å². The molecule has 2 bridgehead atoms. The zero-order valence-corrected chi connectivity index (χ0v) is 16.2. The van der Waals surface area contributed by atoms with Gasteiger partial charge >= 0.3 is 0 Å². The monoisotopic (exact) mass is 455 g/mol. The van der Waals surface area contributed by atoms with Crippen LogP contribution in [0.5, 0.6) is 0 Å². The number of nitrogens with one attached hydrogen (secondary N) is 2. The van der Waals surface area contributed by atoms with Gasteiger partial charge in [-0.3, -0.25) is 4.99 Å². The summed E-state index contributed by atoms with van der Waals surface area (Å²) in [5.41, 5.74) is 0.994. The number of rotatable bonds is 3. The first kappa shape index (κ1) is 18.1. The number of benzene rings is 1. The van der Waals surface area contributed by atoms with E-state index in [4.69, 9.17) is 27.9 Å². The molecule has 2 heterocycles. The van der Waals surface area contributed by atoms with Crippen molar-refractivity contribution in [2.75, 3.05) is 7.05 Å². The Balaban J connectivity index is 0.00000176. The van der Waals surface area contributed by atoms with E-state index in [1.807, 2.05) is 12.1 Å². The summed E-state index contributed by atoms with van der Waals surface area (Å²) in [6, 6.07) is 5.87. The third-order valence-corrected chi connectivity index (χ3v) is 4.70. The van der Waals surface area contributed by atoms with Gasteiger partial charge in [0.25, 0.3) is 0 Å². The molecule has 3 unspecified atom stereocenters. The third kappa shape index (κ3) is 4.19. The van der Waals surface area contributed by atoms with Crippen LogP contribution in [0.2, 0.25) is 10.0 Å². The van der Waals surface area contributed by atoms with Gasteiger partial charge in [-0.05, 0) is 37.0 Å². The Labute approximate surface area is 158 Å². The number of fused-ring (bicyclic) bond motifs is 2. The van der Waals surface area contributed by atoms with Gasteiger partial charge < -0.3 is 15.4 Å². The second-order valence-electron chi connectivity index (χ2n) is 5.52. The summed E-state index contributed by atoms with van der Waals surface area (Å²) < 4.78 is 5.84. The molecule has 4 nitrogen and oxygen atoms in total. The maximum Gasteiger partial charge on any atom is 0.191 e. The largest absolute Gasteiger partial charge is 0.373 e. The van der Waals surface area contributed by atoms with Crippen molar-refractivity contribution in [3.05, 3.63) is 33.8 Å². The average molecular weight is 456 g/mol. The molecule has 0 saturated carbocycles. The molecule has 3 rings (SSSR count). The van der Waals surface area contributed by atoms with Gasteiger partial charge in [0.1, 0.15) is 0 Å². The number of halogens is 3. The number of aliphatic imine (C=N–C) groups is 1. The summed E-state index contributed by atoms with van der Waals surface area (Å²) >= 11 is 12.1. The fourth-order valence-electron chi connectivity index (χ4n) is 3.00. The van der Waals surface area contributed by atoms with E-state index in [0.29, 0.717) is 34.8 Å². The standard InChI is InChI=1S/C15H19Cl2N3O.HI/c1-18-15(20-13-7-11-4-5-14(13)21-11)19-8-9-2-3-10(16)6-12(9)17;/h2-3,6,11,13-14H,4-5,7-8H2,1H3,(H2,18,19,20);1H. The quantitative estimate of drug-likeness (QED) is 0.416. The molecule has 0 aromatic heterocycles. The molecular weight excluding hydrogens is 436 g/mol. The lowest BCUT2D eigenvalue weighted by molar-refractivity contribution is 0.0992. The summed E-state index contributed by atoms with van der Waals surface area (Å²) in [6.07, 6.45) is 4.15. The van der Waals surface area contributed by atoms with E-state index >= 15 is 0 Å². The van der Waals surface area contributed by atoms with Crippen molar-refractivity contribution < 1.29 is 4.74 Å². The van der Waals surface area contributed by atoms with Crippen LogP contribution in [0.25, 0.3) is 0 Å². The molecule has 0 spiro atoms. The Hall–Kier alpha value is -0.240. The lowest BCUT2D eigenvalue weighted by Gasteiger charge is -2.22. The Morgan fingerprint density at radius 1 is 1.36 bits per heavy atom. The maximum atomic E-state index is 6.17. The van der Waals surface area contributed by atoms with Crippen LogP contribution >= 0.6 is 47.2 Å². The fourth-order valence-corrected chi connectivity index (χ4v) is 3.48. The van der Waals surface area contributed by atoms with Gasteiger partial charge in [0.15, 0.2) is 5.96 Å². The van der Waals surface area contributed by atoms with E-state index in [2.05, 4.69) is 15.6 Å². The molecule has 1 aromatic carbocycles. The van der Waals surface area contributed by atoms with Crippen LogP contribution < -0.4 is 10.6 Å². The highest BCUT2D eigenvalue weighted by Crippen LogP contribution is 2.34. The predicted octanol–water partition coefficient (Wildman–Crippen LogP) is 3.60. The second-order valence-corrected chi connectivity index (χ2v) is 6.37. The zero-order valence-electron chi connectivity index (χ0n) is 12.3. The molecule has 3 atom stereocenters. The first-order valence-corrected chi connectivity index (χ1v) is 7.98. The molecule has 2 saturated heterocycles. The highest BCUT2D eigenvalue weighted by Gasteiger charge is 2.41. The SMILES string of the molecule is CN=C(NCc1ccc(Cl)cc1Cl)NC1CC2CCC1O2.I. The van der Waals surface area contributed by atoms with Crippen LogP contribution in [0.3, 0.4) is 0 Å². The van der Waals surface area contributed by atoms with Crippen molar-refractivity contribution in [2.24, 2.45) is 4.99 Å². The normalized spacial score (nSPS) is 26.7. The van der Waals surface area contributed by atoms with Gasteiger partial charge in [0.2, 0.25) is 0 Å². The molecule has 0 amide bonds. The Morgan fingerprint density at radius 2 is 2.18 bits per heavy atom. The van der Waals surface area contributed by atoms with E-state index in [1.165, 1.54) is 6.42 Å².